The van der Waals surface area contributed by atoms with Gasteiger partial charge < -0.3 is 5.32 Å². The van der Waals surface area contributed by atoms with Crippen molar-refractivity contribution in [1.82, 2.24) is 9.88 Å². The first-order valence-electron chi connectivity index (χ1n) is 8.85. The summed E-state index contributed by atoms with van der Waals surface area (Å²) in [6.07, 6.45) is 4.16. The molecule has 2 aromatic carbocycles. The molecular weight excluding hydrogens is 313 g/mol. The molecule has 0 saturated carbocycles. The van der Waals surface area contributed by atoms with E-state index in [0.717, 1.165) is 37.3 Å². The Morgan fingerprint density at radius 2 is 1.96 bits per heavy atom. The zero-order valence-electron chi connectivity index (χ0n) is 14.2. The van der Waals surface area contributed by atoms with Crippen molar-refractivity contribution in [2.45, 2.75) is 25.4 Å². The molecule has 2 heterocycles. The smallest absolute Gasteiger partial charge is 0.123 e. The number of nitrogens with one attached hydrogen (secondary N) is 1. The first kappa shape index (κ1) is 16.0. The normalized spacial score (nSPS) is 18.4. The molecule has 1 saturated heterocycles. The zero-order chi connectivity index (χ0) is 17.1. The zero-order valence-corrected chi connectivity index (χ0v) is 14.2. The highest BCUT2D eigenvalue weighted by Gasteiger charge is 2.20. The maximum absolute atomic E-state index is 13.1. The second-order valence-corrected chi connectivity index (χ2v) is 6.71. The van der Waals surface area contributed by atoms with Gasteiger partial charge in [-0.3, -0.25) is 9.88 Å². The van der Waals surface area contributed by atoms with Crippen LogP contribution in [0.4, 0.5) is 10.1 Å². The van der Waals surface area contributed by atoms with Crippen LogP contribution >= 0.6 is 0 Å². The Hall–Kier alpha value is -2.46. The van der Waals surface area contributed by atoms with E-state index in [1.165, 1.54) is 29.5 Å². The minimum Gasteiger partial charge on any atom is -0.381 e. The van der Waals surface area contributed by atoms with E-state index in [-0.39, 0.29) is 5.82 Å². The molecular formula is C21H22FN3. The lowest BCUT2D eigenvalue weighted by Crippen LogP contribution is -2.41. The van der Waals surface area contributed by atoms with Crippen molar-refractivity contribution in [1.29, 1.82) is 0 Å². The fourth-order valence-corrected chi connectivity index (χ4v) is 3.64. The minimum atomic E-state index is -0.194. The van der Waals surface area contributed by atoms with E-state index in [4.69, 9.17) is 0 Å². The molecule has 4 rings (SSSR count). The third kappa shape index (κ3) is 3.80. The maximum atomic E-state index is 13.1. The standard InChI is InChI=1S/C21H22FN3/c22-17-8-10-18(11-9-17)24-19-5-3-13-25(15-19)14-16-4-1-7-21-20(16)6-2-12-23-21/h1-2,4,6-12,19,24H,3,5,13-15H2. The van der Waals surface area contributed by atoms with Crippen LogP contribution < -0.4 is 5.32 Å². The highest BCUT2D eigenvalue weighted by molar-refractivity contribution is 5.81. The predicted molar refractivity (Wildman–Crippen MR) is 100 cm³/mol. The van der Waals surface area contributed by atoms with E-state index in [0.29, 0.717) is 6.04 Å². The predicted octanol–water partition coefficient (Wildman–Crippen LogP) is 4.45. The lowest BCUT2D eigenvalue weighted by molar-refractivity contribution is 0.209. The summed E-state index contributed by atoms with van der Waals surface area (Å²) in [7, 11) is 0. The van der Waals surface area contributed by atoms with Gasteiger partial charge in [-0.05, 0) is 61.3 Å². The Balaban J connectivity index is 1.45. The summed E-state index contributed by atoms with van der Waals surface area (Å²) in [5.74, 6) is -0.194. The molecule has 1 unspecified atom stereocenters. The quantitative estimate of drug-likeness (QED) is 0.763. The Morgan fingerprint density at radius 3 is 2.84 bits per heavy atom. The van der Waals surface area contributed by atoms with Gasteiger partial charge in [0.2, 0.25) is 0 Å². The molecule has 1 aliphatic heterocycles. The monoisotopic (exact) mass is 335 g/mol. The summed E-state index contributed by atoms with van der Waals surface area (Å²) in [5, 5.41) is 4.78. The molecule has 1 aliphatic rings. The number of benzene rings is 2. The highest BCUT2D eigenvalue weighted by Crippen LogP contribution is 2.22. The SMILES string of the molecule is Fc1ccc(NC2CCCN(Cc3cccc4ncccc34)C2)cc1. The Labute approximate surface area is 147 Å². The van der Waals surface area contributed by atoms with Gasteiger partial charge in [0, 0.05) is 36.4 Å². The number of rotatable bonds is 4. The van der Waals surface area contributed by atoms with E-state index in [2.05, 4.69) is 39.5 Å². The van der Waals surface area contributed by atoms with Gasteiger partial charge >= 0.3 is 0 Å². The number of hydrogen-bond donors (Lipinski definition) is 1. The van der Waals surface area contributed by atoms with Crippen molar-refractivity contribution in [3.05, 3.63) is 72.2 Å². The topological polar surface area (TPSA) is 28.2 Å². The van der Waals surface area contributed by atoms with E-state index in [9.17, 15) is 4.39 Å². The molecule has 0 amide bonds. The molecule has 0 spiro atoms. The fourth-order valence-electron chi connectivity index (χ4n) is 3.64. The van der Waals surface area contributed by atoms with E-state index >= 15 is 0 Å². The Bertz CT molecular complexity index is 842. The van der Waals surface area contributed by atoms with Gasteiger partial charge in [-0.2, -0.15) is 0 Å². The molecule has 0 bridgehead atoms. The number of aromatic nitrogens is 1. The van der Waals surface area contributed by atoms with Crippen molar-refractivity contribution in [3.8, 4) is 0 Å². The van der Waals surface area contributed by atoms with Crippen LogP contribution in [-0.2, 0) is 6.54 Å². The average molecular weight is 335 g/mol. The van der Waals surface area contributed by atoms with E-state index in [1.54, 1.807) is 0 Å². The largest absolute Gasteiger partial charge is 0.381 e. The summed E-state index contributed by atoms with van der Waals surface area (Å²) < 4.78 is 13.1. The first-order chi connectivity index (χ1) is 12.3. The second kappa shape index (κ2) is 7.19. The number of anilines is 1. The summed E-state index contributed by atoms with van der Waals surface area (Å²) in [6, 6.07) is 17.5. The molecule has 1 atom stereocenters. The number of nitrogens with zero attached hydrogens (tertiary/aromatic N) is 2. The van der Waals surface area contributed by atoms with Gasteiger partial charge in [0.15, 0.2) is 0 Å². The number of piperidine rings is 1. The van der Waals surface area contributed by atoms with Crippen molar-refractivity contribution < 1.29 is 4.39 Å². The van der Waals surface area contributed by atoms with E-state index < -0.39 is 0 Å². The number of hydrogen-bond acceptors (Lipinski definition) is 3. The van der Waals surface area contributed by atoms with Gasteiger partial charge in [0.1, 0.15) is 5.82 Å². The molecule has 4 heteroatoms. The molecule has 1 aromatic heterocycles. The van der Waals surface area contributed by atoms with Crippen LogP contribution in [-0.4, -0.2) is 29.0 Å². The molecule has 3 nitrogen and oxygen atoms in total. The van der Waals surface area contributed by atoms with Crippen molar-refractivity contribution in [2.75, 3.05) is 18.4 Å². The summed E-state index contributed by atoms with van der Waals surface area (Å²) in [6.45, 7) is 3.04. The van der Waals surface area contributed by atoms with Crippen LogP contribution in [0.15, 0.2) is 60.8 Å². The summed E-state index contributed by atoms with van der Waals surface area (Å²) in [5.41, 5.74) is 3.37. The van der Waals surface area contributed by atoms with Crippen LogP contribution in [0.5, 0.6) is 0 Å². The summed E-state index contributed by atoms with van der Waals surface area (Å²) in [4.78, 5) is 6.94. The van der Waals surface area contributed by atoms with Crippen molar-refractivity contribution >= 4 is 16.6 Å². The van der Waals surface area contributed by atoms with Gasteiger partial charge in [-0.25, -0.2) is 4.39 Å². The fraction of sp³-hybridized carbons (Fsp3) is 0.286. The van der Waals surface area contributed by atoms with Gasteiger partial charge in [0.05, 0.1) is 5.52 Å². The van der Waals surface area contributed by atoms with Gasteiger partial charge in [-0.1, -0.05) is 18.2 Å². The maximum Gasteiger partial charge on any atom is 0.123 e. The van der Waals surface area contributed by atoms with Crippen molar-refractivity contribution in [3.63, 3.8) is 0 Å². The number of likely N-dealkylation sites (tertiary alicyclic amines) is 1. The lowest BCUT2D eigenvalue weighted by atomic mass is 10.0. The number of pyridine rings is 1. The number of halogens is 1. The van der Waals surface area contributed by atoms with Gasteiger partial charge in [-0.15, -0.1) is 0 Å². The molecule has 0 aliphatic carbocycles. The van der Waals surface area contributed by atoms with Crippen LogP contribution in [0.3, 0.4) is 0 Å². The Kier molecular flexibility index (Phi) is 4.61. The van der Waals surface area contributed by atoms with Crippen LogP contribution in [0.2, 0.25) is 0 Å². The molecule has 0 radical (unpaired) electrons. The van der Waals surface area contributed by atoms with Crippen LogP contribution in [0.25, 0.3) is 10.9 Å². The summed E-state index contributed by atoms with van der Waals surface area (Å²) >= 11 is 0. The van der Waals surface area contributed by atoms with Crippen LogP contribution in [0, 0.1) is 5.82 Å². The molecule has 1 N–H and O–H groups in total. The average Bonchev–Trinajstić information content (AvgIpc) is 2.64. The molecule has 25 heavy (non-hydrogen) atoms. The number of fused-ring (bicyclic) bond motifs is 1. The molecule has 3 aromatic rings. The third-order valence-electron chi connectivity index (χ3n) is 4.85. The lowest BCUT2D eigenvalue weighted by Gasteiger charge is -2.34. The Morgan fingerprint density at radius 1 is 1.08 bits per heavy atom. The highest BCUT2D eigenvalue weighted by atomic mass is 19.1. The van der Waals surface area contributed by atoms with E-state index in [1.807, 2.05) is 24.4 Å². The third-order valence-corrected chi connectivity index (χ3v) is 4.85. The van der Waals surface area contributed by atoms with Gasteiger partial charge in [0.25, 0.3) is 0 Å². The second-order valence-electron chi connectivity index (χ2n) is 6.71. The van der Waals surface area contributed by atoms with Crippen LogP contribution in [0.1, 0.15) is 18.4 Å². The minimum absolute atomic E-state index is 0.194. The molecule has 1 fully saturated rings. The molecule has 128 valence electrons. The first-order valence-corrected chi connectivity index (χ1v) is 8.85. The van der Waals surface area contributed by atoms with Crippen molar-refractivity contribution in [2.24, 2.45) is 0 Å².